The van der Waals surface area contributed by atoms with E-state index in [1.165, 1.54) is 136 Å². The molecule has 5 aromatic heterocycles. The van der Waals surface area contributed by atoms with Crippen LogP contribution in [0.3, 0.4) is 0 Å². The van der Waals surface area contributed by atoms with Crippen LogP contribution in [-0.2, 0) is 0 Å². The van der Waals surface area contributed by atoms with Crippen LogP contribution in [0.2, 0.25) is 0 Å². The van der Waals surface area contributed by atoms with Crippen molar-refractivity contribution in [2.24, 2.45) is 0 Å². The van der Waals surface area contributed by atoms with Gasteiger partial charge in [0, 0.05) is 65.1 Å². The molecule has 15 rings (SSSR count). The first-order chi connectivity index (χ1) is 29.3. The van der Waals surface area contributed by atoms with Gasteiger partial charge in [-0.25, -0.2) is 0 Å². The number of nitrogens with zero attached hydrogens (tertiary/aromatic N) is 3. The van der Waals surface area contributed by atoms with Gasteiger partial charge in [0.05, 0.1) is 44.1 Å². The van der Waals surface area contributed by atoms with E-state index < -0.39 is 0 Å². The van der Waals surface area contributed by atoms with Crippen LogP contribution < -0.4 is 0 Å². The fourth-order valence-electron chi connectivity index (χ4n) is 11.3. The third-order valence-corrected chi connectivity index (χ3v) is 13.6. The molecule has 3 heteroatoms. The zero-order chi connectivity index (χ0) is 38.1. The lowest BCUT2D eigenvalue weighted by molar-refractivity contribution is 1.18. The fourth-order valence-corrected chi connectivity index (χ4v) is 11.3. The lowest BCUT2D eigenvalue weighted by atomic mass is 9.96. The van der Waals surface area contributed by atoms with Gasteiger partial charge in [-0.05, 0) is 87.8 Å². The molecule has 0 saturated carbocycles. The average Bonchev–Trinajstić information content (AvgIpc) is 4.08. The van der Waals surface area contributed by atoms with Crippen molar-refractivity contribution in [2.75, 3.05) is 0 Å². The summed E-state index contributed by atoms with van der Waals surface area (Å²) >= 11 is 0. The van der Waals surface area contributed by atoms with Crippen LogP contribution >= 0.6 is 0 Å². The highest BCUT2D eigenvalue weighted by atomic mass is 15.0. The first-order valence-electron chi connectivity index (χ1n) is 20.5. The number of rotatable bonds is 2. The van der Waals surface area contributed by atoms with Crippen LogP contribution in [0.1, 0.15) is 0 Å². The Hall–Kier alpha value is -7.88. The number of fused-ring (bicyclic) bond motifs is 19. The van der Waals surface area contributed by atoms with Crippen molar-refractivity contribution < 1.29 is 0 Å². The van der Waals surface area contributed by atoms with Crippen LogP contribution in [-0.4, -0.2) is 13.4 Å². The van der Waals surface area contributed by atoms with Crippen LogP contribution in [0.5, 0.6) is 0 Å². The fraction of sp³-hybridized carbons (Fsp3) is 0. The quantitative estimate of drug-likeness (QED) is 0.167. The number of hydrogen-bond donors (Lipinski definition) is 0. The lowest BCUT2D eigenvalue weighted by Gasteiger charge is -2.10. The summed E-state index contributed by atoms with van der Waals surface area (Å²) in [6.07, 6.45) is 0. The molecule has 0 saturated heterocycles. The van der Waals surface area contributed by atoms with Gasteiger partial charge in [-0.3, -0.25) is 0 Å². The zero-order valence-electron chi connectivity index (χ0n) is 31.7. The minimum atomic E-state index is 1.17. The van der Waals surface area contributed by atoms with Crippen molar-refractivity contribution in [3.05, 3.63) is 188 Å². The molecule has 0 bridgehead atoms. The number of para-hydroxylation sites is 4. The van der Waals surface area contributed by atoms with Crippen molar-refractivity contribution in [3.8, 4) is 16.8 Å². The van der Waals surface area contributed by atoms with Gasteiger partial charge in [-0.15, -0.1) is 0 Å². The molecule has 15 aromatic rings. The summed E-state index contributed by atoms with van der Waals surface area (Å²) in [6.45, 7) is 0. The van der Waals surface area contributed by atoms with Gasteiger partial charge in [0.15, 0.2) is 0 Å². The van der Waals surface area contributed by atoms with Gasteiger partial charge < -0.3 is 13.4 Å². The van der Waals surface area contributed by atoms with E-state index >= 15 is 0 Å². The monoisotopic (exact) mass is 745 g/mol. The molecule has 3 nitrogen and oxygen atoms in total. The van der Waals surface area contributed by atoms with Crippen molar-refractivity contribution in [1.82, 2.24) is 13.4 Å². The Morgan fingerprint density at radius 3 is 1.73 bits per heavy atom. The Morgan fingerprint density at radius 2 is 0.864 bits per heavy atom. The van der Waals surface area contributed by atoms with E-state index in [1.807, 2.05) is 0 Å². The lowest BCUT2D eigenvalue weighted by Crippen LogP contribution is -1.93. The molecule has 0 aliphatic carbocycles. The number of hydrogen-bond acceptors (Lipinski definition) is 0. The van der Waals surface area contributed by atoms with Gasteiger partial charge in [-0.1, -0.05) is 127 Å². The van der Waals surface area contributed by atoms with Gasteiger partial charge >= 0.3 is 0 Å². The SMILES string of the molecule is c1ccc(-n2c3ccccc3c3cc(-c4cccc5c6c7ccccc7cc7c8c9c%10cccc%11c%12cc%13ccccc%13cc%12n(c9ccc8n(c45)c76)c%11%10)ccc32)cc1. The predicted molar refractivity (Wildman–Crippen MR) is 251 cm³/mol. The number of aromatic nitrogens is 3. The minimum absolute atomic E-state index is 1.17. The van der Waals surface area contributed by atoms with Crippen LogP contribution in [0.25, 0.3) is 136 Å². The second-order valence-corrected chi connectivity index (χ2v) is 16.4. The molecule has 0 spiro atoms. The van der Waals surface area contributed by atoms with E-state index in [0.717, 1.165) is 0 Å². The zero-order valence-corrected chi connectivity index (χ0v) is 31.7. The van der Waals surface area contributed by atoms with Gasteiger partial charge in [0.25, 0.3) is 0 Å². The first-order valence-corrected chi connectivity index (χ1v) is 20.5. The topological polar surface area (TPSA) is 13.8 Å². The summed E-state index contributed by atoms with van der Waals surface area (Å²) in [5.74, 6) is 0. The van der Waals surface area contributed by atoms with Crippen LogP contribution in [0.15, 0.2) is 188 Å². The van der Waals surface area contributed by atoms with E-state index in [2.05, 4.69) is 201 Å². The predicted octanol–water partition coefficient (Wildman–Crippen LogP) is 15.1. The normalized spacial score (nSPS) is 12.7. The van der Waals surface area contributed by atoms with Gasteiger partial charge in [0.1, 0.15) is 0 Å². The molecule has 0 unspecified atom stereocenters. The summed E-state index contributed by atoms with van der Waals surface area (Å²) in [5, 5.41) is 18.2. The molecule has 0 radical (unpaired) electrons. The molecule has 5 heterocycles. The molecule has 10 aromatic carbocycles. The first kappa shape index (κ1) is 30.3. The highest BCUT2D eigenvalue weighted by Gasteiger charge is 2.26. The molecule has 0 atom stereocenters. The molecule has 270 valence electrons. The van der Waals surface area contributed by atoms with Crippen molar-refractivity contribution in [3.63, 3.8) is 0 Å². The molecular weight excluding hydrogens is 715 g/mol. The van der Waals surface area contributed by atoms with E-state index in [9.17, 15) is 0 Å². The Kier molecular flexibility index (Phi) is 5.41. The van der Waals surface area contributed by atoms with E-state index in [4.69, 9.17) is 0 Å². The number of benzene rings is 10. The largest absolute Gasteiger partial charge is 0.309 e. The van der Waals surface area contributed by atoms with E-state index in [-0.39, 0.29) is 0 Å². The molecular formula is C56H31N3. The molecule has 0 amide bonds. The highest BCUT2D eigenvalue weighted by molar-refractivity contribution is 6.39. The Balaban J connectivity index is 1.10. The Labute approximate surface area is 336 Å². The summed E-state index contributed by atoms with van der Waals surface area (Å²) in [4.78, 5) is 0. The van der Waals surface area contributed by atoms with Crippen molar-refractivity contribution >= 4 is 120 Å². The van der Waals surface area contributed by atoms with Gasteiger partial charge in [0.2, 0.25) is 0 Å². The van der Waals surface area contributed by atoms with Crippen molar-refractivity contribution in [2.45, 2.75) is 0 Å². The average molecular weight is 746 g/mol. The third-order valence-electron chi connectivity index (χ3n) is 13.6. The van der Waals surface area contributed by atoms with Crippen LogP contribution in [0.4, 0.5) is 0 Å². The summed E-state index contributed by atoms with van der Waals surface area (Å²) in [6, 6.07) is 70.2. The molecule has 0 aliphatic rings. The second-order valence-electron chi connectivity index (χ2n) is 16.4. The maximum absolute atomic E-state index is 2.61. The smallest absolute Gasteiger partial charge is 0.0627 e. The summed E-state index contributed by atoms with van der Waals surface area (Å²) in [7, 11) is 0. The summed E-state index contributed by atoms with van der Waals surface area (Å²) in [5.41, 5.74) is 13.7. The summed E-state index contributed by atoms with van der Waals surface area (Å²) < 4.78 is 7.55. The molecule has 0 fully saturated rings. The Morgan fingerprint density at radius 1 is 0.271 bits per heavy atom. The standard InChI is InChI=1S/C56H31N3/c1-2-15-36(16-3-1)57-46-23-9-8-18-39(46)43-29-35(24-25-47(43)57)38-19-10-21-41-51-37-17-7-6-14-34(37)30-45-53-49(59(54(38)41)56(45)51)27-26-48-52(53)42-22-11-20-40-44-28-32-12-4-5-13-33(32)31-50(44)58(48)55(40)42/h1-31H. The maximum atomic E-state index is 2.61. The van der Waals surface area contributed by atoms with E-state index in [0.29, 0.717) is 0 Å². The Bertz CT molecular complexity index is 4290. The second kappa shape index (κ2) is 10.5. The van der Waals surface area contributed by atoms with E-state index in [1.54, 1.807) is 0 Å². The molecule has 59 heavy (non-hydrogen) atoms. The van der Waals surface area contributed by atoms with Gasteiger partial charge in [-0.2, -0.15) is 0 Å². The third kappa shape index (κ3) is 3.62. The van der Waals surface area contributed by atoms with Crippen LogP contribution in [0, 0.1) is 0 Å². The minimum Gasteiger partial charge on any atom is -0.309 e. The molecule has 0 N–H and O–H groups in total. The highest BCUT2D eigenvalue weighted by Crippen LogP contribution is 2.50. The molecule has 0 aliphatic heterocycles. The maximum Gasteiger partial charge on any atom is 0.0627 e. The van der Waals surface area contributed by atoms with Crippen molar-refractivity contribution in [1.29, 1.82) is 0 Å².